The lowest BCUT2D eigenvalue weighted by atomic mass is 10.4. The van der Waals surface area contributed by atoms with Gasteiger partial charge in [0, 0.05) is 20.2 Å². The predicted molar refractivity (Wildman–Crippen MR) is 72.7 cm³/mol. The van der Waals surface area contributed by atoms with E-state index >= 15 is 0 Å². The molecule has 19 heavy (non-hydrogen) atoms. The molecule has 114 valence electrons. The fourth-order valence-corrected chi connectivity index (χ4v) is 2.94. The first-order chi connectivity index (χ1) is 8.79. The van der Waals surface area contributed by atoms with E-state index in [0.29, 0.717) is 19.6 Å². The van der Waals surface area contributed by atoms with Crippen molar-refractivity contribution in [3.8, 4) is 0 Å². The molecular formula is C11H24N2O5S. The molecule has 0 rings (SSSR count). The normalized spacial score (nSPS) is 12.3. The molecule has 0 saturated heterocycles. The maximum Gasteiger partial charge on any atom is 0.304 e. The lowest BCUT2D eigenvalue weighted by molar-refractivity contribution is -0.136. The topological polar surface area (TPSA) is 87.2 Å². The third kappa shape index (κ3) is 8.93. The monoisotopic (exact) mass is 296 g/mol. The summed E-state index contributed by atoms with van der Waals surface area (Å²) in [5.74, 6) is -1.47. The van der Waals surface area contributed by atoms with Gasteiger partial charge in [0.15, 0.2) is 0 Å². The third-order valence-corrected chi connectivity index (χ3v) is 4.40. The number of nitrogens with zero attached hydrogens (tertiary/aromatic N) is 2. The minimum atomic E-state index is -3.53. The molecule has 0 aliphatic rings. The summed E-state index contributed by atoms with van der Waals surface area (Å²) < 4.78 is 30.2. The number of carboxylic acid groups (broad SMARTS) is 1. The molecule has 8 heteroatoms. The first kappa shape index (κ1) is 18.3. The number of methoxy groups -OCH3 is 1. The highest BCUT2D eigenvalue weighted by molar-refractivity contribution is 7.89. The van der Waals surface area contributed by atoms with Gasteiger partial charge in [-0.15, -0.1) is 0 Å². The zero-order chi connectivity index (χ0) is 14.9. The van der Waals surface area contributed by atoms with Crippen molar-refractivity contribution in [2.75, 3.05) is 53.2 Å². The van der Waals surface area contributed by atoms with E-state index in [1.165, 1.54) is 11.4 Å². The van der Waals surface area contributed by atoms with Crippen LogP contribution < -0.4 is 0 Å². The van der Waals surface area contributed by atoms with Gasteiger partial charge in [-0.3, -0.25) is 4.79 Å². The Labute approximate surface area is 115 Å². The van der Waals surface area contributed by atoms with Gasteiger partial charge in [0.25, 0.3) is 0 Å². The van der Waals surface area contributed by atoms with Crippen LogP contribution in [-0.2, 0) is 19.6 Å². The maximum absolute atomic E-state index is 12.0. The molecule has 0 aliphatic carbocycles. The second kappa shape index (κ2) is 9.24. The summed E-state index contributed by atoms with van der Waals surface area (Å²) in [6, 6.07) is 0. The summed E-state index contributed by atoms with van der Waals surface area (Å²) in [4.78, 5) is 12.4. The first-order valence-corrected chi connectivity index (χ1v) is 7.74. The quantitative estimate of drug-likeness (QED) is 0.563. The third-order valence-electron chi connectivity index (χ3n) is 2.52. The molecule has 0 bridgehead atoms. The molecule has 0 aliphatic heterocycles. The molecule has 0 atom stereocenters. The van der Waals surface area contributed by atoms with Crippen molar-refractivity contribution < 1.29 is 23.1 Å². The minimum Gasteiger partial charge on any atom is -0.481 e. The van der Waals surface area contributed by atoms with E-state index in [4.69, 9.17) is 9.84 Å². The summed E-state index contributed by atoms with van der Waals surface area (Å²) >= 11 is 0. The molecule has 0 saturated carbocycles. The number of carboxylic acids is 1. The SMILES string of the molecule is COCCN(CCCN(C)C)S(=O)(=O)CCC(=O)O. The second-order valence-electron chi connectivity index (χ2n) is 4.51. The lowest BCUT2D eigenvalue weighted by Gasteiger charge is -2.22. The highest BCUT2D eigenvalue weighted by Crippen LogP contribution is 2.05. The van der Waals surface area contributed by atoms with Crippen LogP contribution in [0.4, 0.5) is 0 Å². The lowest BCUT2D eigenvalue weighted by Crippen LogP contribution is -2.37. The van der Waals surface area contributed by atoms with Crippen molar-refractivity contribution >= 4 is 16.0 Å². The summed E-state index contributed by atoms with van der Waals surface area (Å²) in [7, 11) is 1.80. The first-order valence-electron chi connectivity index (χ1n) is 6.13. The van der Waals surface area contributed by atoms with Crippen molar-refractivity contribution in [3.63, 3.8) is 0 Å². The molecule has 0 aromatic heterocycles. The number of carbonyl (C=O) groups is 1. The molecule has 1 N–H and O–H groups in total. The van der Waals surface area contributed by atoms with Gasteiger partial charge in [-0.1, -0.05) is 0 Å². The molecule has 7 nitrogen and oxygen atoms in total. The van der Waals surface area contributed by atoms with E-state index in [0.717, 1.165) is 6.54 Å². The van der Waals surface area contributed by atoms with Crippen LogP contribution in [0.2, 0.25) is 0 Å². The molecule has 0 amide bonds. The van der Waals surface area contributed by atoms with E-state index in [1.807, 2.05) is 19.0 Å². The van der Waals surface area contributed by atoms with Crippen LogP contribution in [0.5, 0.6) is 0 Å². The van der Waals surface area contributed by atoms with Crippen LogP contribution in [0.25, 0.3) is 0 Å². The standard InChI is InChI=1S/C11H24N2O5S/c1-12(2)6-4-7-13(8-9-18-3)19(16,17)10-5-11(14)15/h4-10H2,1-3H3,(H,14,15). The second-order valence-corrected chi connectivity index (χ2v) is 6.60. The summed E-state index contributed by atoms with van der Waals surface area (Å²) in [6.45, 7) is 1.71. The summed E-state index contributed by atoms with van der Waals surface area (Å²) in [6.07, 6.45) is 0.322. The van der Waals surface area contributed by atoms with Crippen molar-refractivity contribution in [2.45, 2.75) is 12.8 Å². The van der Waals surface area contributed by atoms with Crippen molar-refractivity contribution in [1.29, 1.82) is 0 Å². The van der Waals surface area contributed by atoms with Crippen molar-refractivity contribution in [3.05, 3.63) is 0 Å². The van der Waals surface area contributed by atoms with Crippen LogP contribution in [0.15, 0.2) is 0 Å². The average molecular weight is 296 g/mol. The van der Waals surface area contributed by atoms with Crippen LogP contribution in [0, 0.1) is 0 Å². The molecule has 0 fully saturated rings. The van der Waals surface area contributed by atoms with E-state index in [9.17, 15) is 13.2 Å². The number of ether oxygens (including phenoxy) is 1. The van der Waals surface area contributed by atoms with E-state index in [1.54, 1.807) is 0 Å². The van der Waals surface area contributed by atoms with Crippen LogP contribution in [0.3, 0.4) is 0 Å². The Hall–Kier alpha value is -0.700. The molecular weight excluding hydrogens is 272 g/mol. The van der Waals surface area contributed by atoms with Gasteiger partial charge in [-0.2, -0.15) is 4.31 Å². The van der Waals surface area contributed by atoms with Gasteiger partial charge >= 0.3 is 5.97 Å². The molecule has 0 spiro atoms. The zero-order valence-corrected chi connectivity index (χ0v) is 12.6. The van der Waals surface area contributed by atoms with E-state index in [-0.39, 0.29) is 18.7 Å². The number of aliphatic carboxylic acids is 1. The Bertz CT molecular complexity index is 356. The van der Waals surface area contributed by atoms with Gasteiger partial charge in [0.1, 0.15) is 0 Å². The number of hydrogen-bond acceptors (Lipinski definition) is 5. The number of hydrogen-bond donors (Lipinski definition) is 1. The molecule has 0 aromatic rings. The summed E-state index contributed by atoms with van der Waals surface area (Å²) in [5, 5.41) is 8.57. The minimum absolute atomic E-state index is 0.256. The fourth-order valence-electron chi connectivity index (χ4n) is 1.49. The van der Waals surface area contributed by atoms with Gasteiger partial charge in [-0.25, -0.2) is 8.42 Å². The highest BCUT2D eigenvalue weighted by atomic mass is 32.2. The number of sulfonamides is 1. The Morgan fingerprint density at radius 1 is 1.21 bits per heavy atom. The molecule has 0 unspecified atom stereocenters. The van der Waals surface area contributed by atoms with Gasteiger partial charge in [0.05, 0.1) is 18.8 Å². The predicted octanol–water partition coefficient (Wildman–Crippen LogP) is -0.309. The van der Waals surface area contributed by atoms with Crippen LogP contribution >= 0.6 is 0 Å². The Balaban J connectivity index is 4.48. The molecule has 0 radical (unpaired) electrons. The van der Waals surface area contributed by atoms with E-state index in [2.05, 4.69) is 0 Å². The maximum atomic E-state index is 12.0. The average Bonchev–Trinajstić information content (AvgIpc) is 2.30. The van der Waals surface area contributed by atoms with Crippen LogP contribution in [0.1, 0.15) is 12.8 Å². The Kier molecular flexibility index (Phi) is 8.90. The summed E-state index contributed by atoms with van der Waals surface area (Å²) in [5.41, 5.74) is 0. The Morgan fingerprint density at radius 2 is 1.84 bits per heavy atom. The van der Waals surface area contributed by atoms with Gasteiger partial charge in [0.2, 0.25) is 10.0 Å². The smallest absolute Gasteiger partial charge is 0.304 e. The zero-order valence-electron chi connectivity index (χ0n) is 11.8. The van der Waals surface area contributed by atoms with E-state index < -0.39 is 16.0 Å². The fraction of sp³-hybridized carbons (Fsp3) is 0.909. The largest absolute Gasteiger partial charge is 0.481 e. The van der Waals surface area contributed by atoms with Gasteiger partial charge < -0.3 is 14.7 Å². The van der Waals surface area contributed by atoms with Crippen molar-refractivity contribution in [1.82, 2.24) is 9.21 Å². The molecule has 0 heterocycles. The van der Waals surface area contributed by atoms with Crippen molar-refractivity contribution in [2.24, 2.45) is 0 Å². The highest BCUT2D eigenvalue weighted by Gasteiger charge is 2.22. The van der Waals surface area contributed by atoms with Gasteiger partial charge in [-0.05, 0) is 27.1 Å². The molecule has 0 aromatic carbocycles. The Morgan fingerprint density at radius 3 is 2.32 bits per heavy atom. The number of rotatable bonds is 11. The van der Waals surface area contributed by atoms with Crippen LogP contribution in [-0.4, -0.2) is 81.9 Å².